The van der Waals surface area contributed by atoms with E-state index >= 15 is 0 Å². The molecule has 0 spiro atoms. The summed E-state index contributed by atoms with van der Waals surface area (Å²) in [6.45, 7) is 0.570. The highest BCUT2D eigenvalue weighted by Crippen LogP contribution is 2.39. The Kier molecular flexibility index (Phi) is 6.40. The molecule has 1 amide bonds. The highest BCUT2D eigenvalue weighted by atomic mass is 32.2. The van der Waals surface area contributed by atoms with E-state index in [0.717, 1.165) is 37.1 Å². The monoisotopic (exact) mass is 494 g/mol. The number of anilines is 1. The summed E-state index contributed by atoms with van der Waals surface area (Å²) in [4.78, 5) is 25.4. The van der Waals surface area contributed by atoms with E-state index in [1.807, 2.05) is 30.3 Å². The molecule has 5 rings (SSSR count). The number of sulfonamides is 1. The Bertz CT molecular complexity index is 1330. The van der Waals surface area contributed by atoms with Gasteiger partial charge in [0.2, 0.25) is 10.0 Å². The Hall–Kier alpha value is -3.50. The first kappa shape index (κ1) is 23.3. The van der Waals surface area contributed by atoms with Crippen molar-refractivity contribution in [3.63, 3.8) is 0 Å². The van der Waals surface area contributed by atoms with Crippen molar-refractivity contribution in [2.24, 2.45) is 0 Å². The first-order valence-corrected chi connectivity index (χ1v) is 13.1. The number of nitrogens with zero attached hydrogens (tertiary/aromatic N) is 3. The van der Waals surface area contributed by atoms with Crippen LogP contribution in [0.1, 0.15) is 47.8 Å². The molecular formula is C25H26N4O5S. The summed E-state index contributed by atoms with van der Waals surface area (Å²) in [5, 5.41) is 7.21. The van der Waals surface area contributed by atoms with Crippen LogP contribution in [0.5, 0.6) is 0 Å². The minimum atomic E-state index is -3.52. The third-order valence-corrected chi connectivity index (χ3v) is 8.02. The first-order valence-electron chi connectivity index (χ1n) is 11.6. The van der Waals surface area contributed by atoms with Crippen LogP contribution >= 0.6 is 0 Å². The summed E-state index contributed by atoms with van der Waals surface area (Å²) in [7, 11) is -3.52. The average molecular weight is 495 g/mol. The van der Waals surface area contributed by atoms with E-state index in [1.165, 1.54) is 28.6 Å². The normalized spacial score (nSPS) is 16.2. The molecule has 2 aliphatic rings. The second-order valence-corrected chi connectivity index (χ2v) is 10.7. The molecule has 0 radical (unpaired) electrons. The molecule has 1 saturated carbocycles. The lowest BCUT2D eigenvalue weighted by Gasteiger charge is -2.15. The third kappa shape index (κ3) is 5.13. The van der Waals surface area contributed by atoms with Crippen molar-refractivity contribution in [2.45, 2.75) is 36.5 Å². The number of hydrogen-bond acceptors (Lipinski definition) is 6. The predicted molar refractivity (Wildman–Crippen MR) is 129 cm³/mol. The third-order valence-electron chi connectivity index (χ3n) is 6.11. The predicted octanol–water partition coefficient (Wildman–Crippen LogP) is 3.33. The van der Waals surface area contributed by atoms with Crippen molar-refractivity contribution in [1.29, 1.82) is 0 Å². The minimum Gasteiger partial charge on any atom is -0.451 e. The van der Waals surface area contributed by atoms with E-state index in [9.17, 15) is 18.0 Å². The summed E-state index contributed by atoms with van der Waals surface area (Å²) in [5.41, 5.74) is 2.26. The topological polar surface area (TPSA) is 111 Å². The zero-order valence-electron chi connectivity index (χ0n) is 19.1. The van der Waals surface area contributed by atoms with Crippen LogP contribution in [0.2, 0.25) is 0 Å². The molecule has 2 fully saturated rings. The number of aromatic nitrogens is 2. The van der Waals surface area contributed by atoms with Crippen LogP contribution in [0.3, 0.4) is 0 Å². The van der Waals surface area contributed by atoms with Crippen LogP contribution in [0.15, 0.2) is 65.6 Å². The Balaban J connectivity index is 1.21. The zero-order valence-corrected chi connectivity index (χ0v) is 19.9. The van der Waals surface area contributed by atoms with Crippen LogP contribution in [-0.2, 0) is 19.6 Å². The van der Waals surface area contributed by atoms with Gasteiger partial charge in [0.25, 0.3) is 5.91 Å². The summed E-state index contributed by atoms with van der Waals surface area (Å²) in [6, 6.07) is 17.0. The van der Waals surface area contributed by atoms with Gasteiger partial charge >= 0.3 is 5.97 Å². The van der Waals surface area contributed by atoms with Gasteiger partial charge in [0.05, 0.1) is 16.3 Å². The molecule has 1 N–H and O–H groups in total. The maximum atomic E-state index is 12.8. The van der Waals surface area contributed by atoms with Crippen molar-refractivity contribution in [1.82, 2.24) is 14.1 Å². The SMILES string of the molecule is O=C(COC(=O)c1cc(C2CC2)nn1-c1ccccc1)Nc1ccc(S(=O)(=O)N2CCCC2)cc1. The van der Waals surface area contributed by atoms with Gasteiger partial charge in [-0.1, -0.05) is 18.2 Å². The van der Waals surface area contributed by atoms with E-state index in [-0.39, 0.29) is 10.6 Å². The average Bonchev–Trinajstić information content (AvgIpc) is 3.37. The largest absolute Gasteiger partial charge is 0.451 e. The standard InChI is InChI=1S/C25H26N4O5S/c30-24(26-19-10-12-21(13-11-19)35(32,33)28-14-4-5-15-28)17-34-25(31)23-16-22(18-8-9-18)27-29(23)20-6-2-1-3-7-20/h1-3,6-7,10-13,16,18H,4-5,8-9,14-15,17H2,(H,26,30). The molecule has 1 aromatic heterocycles. The minimum absolute atomic E-state index is 0.185. The molecule has 182 valence electrons. The van der Waals surface area contributed by atoms with Crippen molar-refractivity contribution in [3.05, 3.63) is 72.1 Å². The Morgan fingerprint density at radius 1 is 1.00 bits per heavy atom. The fraction of sp³-hybridized carbons (Fsp3) is 0.320. The van der Waals surface area contributed by atoms with Gasteiger partial charge in [-0.2, -0.15) is 9.40 Å². The number of amides is 1. The molecule has 1 aliphatic heterocycles. The van der Waals surface area contributed by atoms with E-state index in [4.69, 9.17) is 4.74 Å². The molecule has 0 atom stereocenters. The molecule has 1 saturated heterocycles. The van der Waals surface area contributed by atoms with Gasteiger partial charge < -0.3 is 10.1 Å². The van der Waals surface area contributed by atoms with Crippen molar-refractivity contribution >= 4 is 27.6 Å². The van der Waals surface area contributed by atoms with Crippen molar-refractivity contribution in [3.8, 4) is 5.69 Å². The lowest BCUT2D eigenvalue weighted by atomic mass is 10.2. The van der Waals surface area contributed by atoms with E-state index in [2.05, 4.69) is 10.4 Å². The maximum absolute atomic E-state index is 12.8. The number of hydrogen-bond donors (Lipinski definition) is 1. The molecule has 0 unspecified atom stereocenters. The van der Waals surface area contributed by atoms with Gasteiger partial charge in [-0.05, 0) is 68.1 Å². The first-order chi connectivity index (χ1) is 16.9. The molecule has 2 heterocycles. The summed E-state index contributed by atoms with van der Waals surface area (Å²) < 4.78 is 33.5. The van der Waals surface area contributed by atoms with E-state index in [0.29, 0.717) is 24.7 Å². The van der Waals surface area contributed by atoms with Gasteiger partial charge in [0, 0.05) is 24.7 Å². The Morgan fingerprint density at radius 3 is 2.34 bits per heavy atom. The van der Waals surface area contributed by atoms with Crippen LogP contribution in [-0.4, -0.2) is 54.1 Å². The molecule has 10 heteroatoms. The van der Waals surface area contributed by atoms with E-state index < -0.39 is 28.5 Å². The quantitative estimate of drug-likeness (QED) is 0.481. The van der Waals surface area contributed by atoms with Gasteiger partial charge in [0.1, 0.15) is 0 Å². The van der Waals surface area contributed by atoms with Crippen LogP contribution in [0, 0.1) is 0 Å². The summed E-state index contributed by atoms with van der Waals surface area (Å²) in [6.07, 6.45) is 3.81. The van der Waals surface area contributed by atoms with Gasteiger partial charge in [-0.3, -0.25) is 4.79 Å². The molecular weight excluding hydrogens is 468 g/mol. The highest BCUT2D eigenvalue weighted by Gasteiger charge is 2.30. The highest BCUT2D eigenvalue weighted by molar-refractivity contribution is 7.89. The number of ether oxygens (including phenoxy) is 1. The van der Waals surface area contributed by atoms with Crippen LogP contribution < -0.4 is 5.32 Å². The molecule has 0 bridgehead atoms. The molecule has 2 aromatic carbocycles. The van der Waals surface area contributed by atoms with Gasteiger partial charge in [0.15, 0.2) is 12.3 Å². The van der Waals surface area contributed by atoms with E-state index in [1.54, 1.807) is 10.7 Å². The Morgan fingerprint density at radius 2 is 1.69 bits per heavy atom. The number of benzene rings is 2. The number of para-hydroxylation sites is 1. The number of carbonyl (C=O) groups excluding carboxylic acids is 2. The Labute approximate surface area is 203 Å². The molecule has 35 heavy (non-hydrogen) atoms. The second-order valence-electron chi connectivity index (χ2n) is 8.74. The maximum Gasteiger partial charge on any atom is 0.357 e. The summed E-state index contributed by atoms with van der Waals surface area (Å²) >= 11 is 0. The van der Waals surface area contributed by atoms with Crippen molar-refractivity contribution < 1.29 is 22.7 Å². The van der Waals surface area contributed by atoms with Gasteiger partial charge in [-0.15, -0.1) is 0 Å². The summed E-state index contributed by atoms with van der Waals surface area (Å²) in [5.74, 6) is -0.816. The number of nitrogens with one attached hydrogen (secondary N) is 1. The fourth-order valence-corrected chi connectivity index (χ4v) is 5.60. The fourth-order valence-electron chi connectivity index (χ4n) is 4.08. The van der Waals surface area contributed by atoms with Gasteiger partial charge in [-0.25, -0.2) is 17.9 Å². The number of esters is 1. The zero-order chi connectivity index (χ0) is 24.4. The van der Waals surface area contributed by atoms with Crippen LogP contribution in [0.4, 0.5) is 5.69 Å². The molecule has 3 aromatic rings. The molecule has 9 nitrogen and oxygen atoms in total. The second kappa shape index (κ2) is 9.63. The van der Waals surface area contributed by atoms with Crippen molar-refractivity contribution in [2.75, 3.05) is 25.0 Å². The number of rotatable bonds is 8. The lowest BCUT2D eigenvalue weighted by Crippen LogP contribution is -2.27. The number of carbonyl (C=O) groups is 2. The lowest BCUT2D eigenvalue weighted by molar-refractivity contribution is -0.119. The van der Waals surface area contributed by atoms with Crippen LogP contribution in [0.25, 0.3) is 5.69 Å². The molecule has 1 aliphatic carbocycles. The smallest absolute Gasteiger partial charge is 0.357 e.